The Bertz CT molecular complexity index is 779. The highest BCUT2D eigenvalue weighted by Crippen LogP contribution is 2.32. The Hall–Kier alpha value is -1.71. The zero-order valence-corrected chi connectivity index (χ0v) is 16.1. The maximum atomic E-state index is 12.0. The van der Waals surface area contributed by atoms with E-state index in [1.54, 1.807) is 11.8 Å². The van der Waals surface area contributed by atoms with Crippen molar-refractivity contribution < 1.29 is 14.3 Å². The number of thioether (sulfide) groups is 2. The van der Waals surface area contributed by atoms with E-state index in [0.29, 0.717) is 12.3 Å². The van der Waals surface area contributed by atoms with Gasteiger partial charge in [0.2, 0.25) is 12.7 Å². The summed E-state index contributed by atoms with van der Waals surface area (Å²) in [4.78, 5) is 12.0. The number of benzene rings is 1. The summed E-state index contributed by atoms with van der Waals surface area (Å²) in [5.41, 5.74) is 2.06. The fourth-order valence-electron chi connectivity index (χ4n) is 1.93. The highest BCUT2D eigenvalue weighted by atomic mass is 32.2. The summed E-state index contributed by atoms with van der Waals surface area (Å²) in [5.74, 6) is 2.55. The maximum absolute atomic E-state index is 12.0. The molecule has 132 valence electrons. The third-order valence-electron chi connectivity index (χ3n) is 3.08. The van der Waals surface area contributed by atoms with Gasteiger partial charge in [-0.05, 0) is 24.6 Å². The van der Waals surface area contributed by atoms with E-state index in [2.05, 4.69) is 22.1 Å². The van der Waals surface area contributed by atoms with Crippen LogP contribution in [0.15, 0.2) is 39.0 Å². The van der Waals surface area contributed by atoms with Gasteiger partial charge in [0.25, 0.3) is 0 Å². The SMILES string of the molecule is C=C(C)CSc1nnc(SCC(=O)NCc2ccc3c(c2)OCO3)s1. The van der Waals surface area contributed by atoms with Gasteiger partial charge in [-0.25, -0.2) is 0 Å². The van der Waals surface area contributed by atoms with Crippen LogP contribution in [-0.2, 0) is 11.3 Å². The summed E-state index contributed by atoms with van der Waals surface area (Å²) in [6, 6.07) is 5.65. The van der Waals surface area contributed by atoms with Gasteiger partial charge in [-0.3, -0.25) is 4.79 Å². The molecule has 0 fully saturated rings. The molecule has 0 saturated carbocycles. The van der Waals surface area contributed by atoms with Crippen LogP contribution in [0, 0.1) is 0 Å². The highest BCUT2D eigenvalue weighted by Gasteiger charge is 2.14. The average Bonchev–Trinajstić information content (AvgIpc) is 3.24. The van der Waals surface area contributed by atoms with Gasteiger partial charge in [-0.1, -0.05) is 53.1 Å². The second kappa shape index (κ2) is 8.59. The van der Waals surface area contributed by atoms with Crippen LogP contribution < -0.4 is 14.8 Å². The van der Waals surface area contributed by atoms with Gasteiger partial charge in [-0.15, -0.1) is 10.2 Å². The van der Waals surface area contributed by atoms with Crippen molar-refractivity contribution in [2.45, 2.75) is 22.1 Å². The summed E-state index contributed by atoms with van der Waals surface area (Å²) in [6.45, 7) is 6.54. The number of carbonyl (C=O) groups is 1. The normalized spacial score (nSPS) is 12.2. The molecule has 1 amide bonds. The molecule has 0 spiro atoms. The molecule has 9 heteroatoms. The van der Waals surface area contributed by atoms with E-state index in [4.69, 9.17) is 9.47 Å². The standard InChI is InChI=1S/C16H17N3O3S3/c1-10(2)7-23-15-18-19-16(25-15)24-8-14(20)17-6-11-3-4-12-13(5-11)22-9-21-12/h3-5H,1,6-9H2,2H3,(H,17,20). The van der Waals surface area contributed by atoms with Crippen LogP contribution in [0.2, 0.25) is 0 Å². The van der Waals surface area contributed by atoms with Crippen molar-refractivity contribution in [3.05, 3.63) is 35.9 Å². The summed E-state index contributed by atoms with van der Waals surface area (Å²) in [6.07, 6.45) is 0. The number of rotatable bonds is 8. The van der Waals surface area contributed by atoms with E-state index < -0.39 is 0 Å². The van der Waals surface area contributed by atoms with Gasteiger partial charge in [0.1, 0.15) is 0 Å². The average molecular weight is 396 g/mol. The van der Waals surface area contributed by atoms with Gasteiger partial charge in [-0.2, -0.15) is 0 Å². The van der Waals surface area contributed by atoms with Gasteiger partial charge in [0, 0.05) is 12.3 Å². The number of nitrogens with zero attached hydrogens (tertiary/aromatic N) is 2. The smallest absolute Gasteiger partial charge is 0.231 e. The first-order valence-electron chi connectivity index (χ1n) is 7.49. The number of carbonyl (C=O) groups excluding carboxylic acids is 1. The zero-order valence-electron chi connectivity index (χ0n) is 13.6. The van der Waals surface area contributed by atoms with Crippen LogP contribution in [0.1, 0.15) is 12.5 Å². The largest absolute Gasteiger partial charge is 0.454 e. The number of hydrogen-bond acceptors (Lipinski definition) is 8. The van der Waals surface area contributed by atoms with Gasteiger partial charge in [0.05, 0.1) is 5.75 Å². The van der Waals surface area contributed by atoms with E-state index in [9.17, 15) is 4.79 Å². The molecule has 0 aliphatic carbocycles. The number of nitrogens with one attached hydrogen (secondary N) is 1. The first-order valence-corrected chi connectivity index (χ1v) is 10.3. The van der Waals surface area contributed by atoms with Gasteiger partial charge in [0.15, 0.2) is 20.2 Å². The van der Waals surface area contributed by atoms with Crippen LogP contribution >= 0.6 is 34.9 Å². The minimum Gasteiger partial charge on any atom is -0.454 e. The van der Waals surface area contributed by atoms with Crippen LogP contribution in [0.5, 0.6) is 11.5 Å². The van der Waals surface area contributed by atoms with Gasteiger partial charge >= 0.3 is 0 Å². The molecule has 0 atom stereocenters. The minimum absolute atomic E-state index is 0.0472. The summed E-state index contributed by atoms with van der Waals surface area (Å²) in [7, 11) is 0. The monoisotopic (exact) mass is 395 g/mol. The number of hydrogen-bond donors (Lipinski definition) is 1. The lowest BCUT2D eigenvalue weighted by Crippen LogP contribution is -2.24. The van der Waals surface area contributed by atoms with Crippen molar-refractivity contribution in [1.82, 2.24) is 15.5 Å². The molecule has 1 aromatic carbocycles. The van der Waals surface area contributed by atoms with Crippen molar-refractivity contribution in [3.8, 4) is 11.5 Å². The Labute approximate surface area is 158 Å². The molecule has 1 aromatic heterocycles. The number of aromatic nitrogens is 2. The highest BCUT2D eigenvalue weighted by molar-refractivity contribution is 8.03. The van der Waals surface area contributed by atoms with Crippen molar-refractivity contribution in [1.29, 1.82) is 0 Å². The molecular formula is C16H17N3O3S3. The fraction of sp³-hybridized carbons (Fsp3) is 0.312. The molecule has 1 N–H and O–H groups in total. The van der Waals surface area contributed by atoms with E-state index in [0.717, 1.165) is 37.1 Å². The number of ether oxygens (including phenoxy) is 2. The first-order chi connectivity index (χ1) is 12.1. The third kappa shape index (κ3) is 5.38. The second-order valence-corrected chi connectivity index (χ2v) is 8.76. The van der Waals surface area contributed by atoms with Crippen molar-refractivity contribution in [2.75, 3.05) is 18.3 Å². The Kier molecular flexibility index (Phi) is 6.22. The molecule has 0 saturated heterocycles. The quantitative estimate of drug-likeness (QED) is 0.543. The molecule has 2 aromatic rings. The van der Waals surface area contributed by atoms with Gasteiger partial charge < -0.3 is 14.8 Å². The molecule has 0 unspecified atom stereocenters. The summed E-state index contributed by atoms with van der Waals surface area (Å²) >= 11 is 4.50. The van der Waals surface area contributed by atoms with Crippen LogP contribution in [0.3, 0.4) is 0 Å². The predicted octanol–water partition coefficient (Wildman–Crippen LogP) is 3.34. The lowest BCUT2D eigenvalue weighted by molar-refractivity contribution is -0.118. The topological polar surface area (TPSA) is 73.3 Å². The molecule has 6 nitrogen and oxygen atoms in total. The van der Waals surface area contributed by atoms with Crippen molar-refractivity contribution >= 4 is 40.8 Å². The Balaban J connectivity index is 1.41. The lowest BCUT2D eigenvalue weighted by Gasteiger charge is -2.05. The maximum Gasteiger partial charge on any atom is 0.231 e. The molecule has 1 aliphatic rings. The van der Waals surface area contributed by atoms with Crippen molar-refractivity contribution in [3.63, 3.8) is 0 Å². The van der Waals surface area contributed by atoms with E-state index >= 15 is 0 Å². The lowest BCUT2D eigenvalue weighted by atomic mass is 10.2. The van der Waals surface area contributed by atoms with E-state index in [-0.39, 0.29) is 12.7 Å². The number of fused-ring (bicyclic) bond motifs is 1. The minimum atomic E-state index is -0.0472. The van der Waals surface area contributed by atoms with Crippen molar-refractivity contribution in [2.24, 2.45) is 0 Å². The molecule has 1 aliphatic heterocycles. The van der Waals surface area contributed by atoms with E-state index in [1.807, 2.05) is 25.1 Å². The van der Waals surface area contributed by atoms with Crippen LogP contribution in [0.25, 0.3) is 0 Å². The Morgan fingerprint density at radius 3 is 2.72 bits per heavy atom. The Morgan fingerprint density at radius 1 is 1.24 bits per heavy atom. The summed E-state index contributed by atoms with van der Waals surface area (Å²) in [5, 5.41) is 11.1. The van der Waals surface area contributed by atoms with E-state index in [1.165, 1.54) is 23.1 Å². The first kappa shape index (κ1) is 18.1. The van der Waals surface area contributed by atoms with Crippen LogP contribution in [0.4, 0.5) is 0 Å². The fourth-order valence-corrected chi connectivity index (χ4v) is 4.62. The Morgan fingerprint density at radius 2 is 1.96 bits per heavy atom. The second-order valence-electron chi connectivity index (χ2n) is 5.33. The third-order valence-corrected chi connectivity index (χ3v) is 6.50. The molecule has 0 radical (unpaired) electrons. The number of amides is 1. The molecule has 25 heavy (non-hydrogen) atoms. The molecule has 2 heterocycles. The predicted molar refractivity (Wildman–Crippen MR) is 101 cm³/mol. The van der Waals surface area contributed by atoms with Crippen LogP contribution in [-0.4, -0.2) is 34.4 Å². The summed E-state index contributed by atoms with van der Waals surface area (Å²) < 4.78 is 12.3. The molecule has 3 rings (SSSR count). The molecular weight excluding hydrogens is 378 g/mol. The zero-order chi connectivity index (χ0) is 17.6. The molecule has 0 bridgehead atoms.